The van der Waals surface area contributed by atoms with E-state index >= 15 is 0 Å². The monoisotopic (exact) mass is 247 g/mol. The van der Waals surface area contributed by atoms with Gasteiger partial charge in [-0.3, -0.25) is 0 Å². The Morgan fingerprint density at radius 2 is 2.17 bits per heavy atom. The highest BCUT2D eigenvalue weighted by molar-refractivity contribution is 5.83. The standard InChI is InChI=1S/C13H17N3O2/c1-3-18-8-10-6-9-4-5-11(17-2)7-12(9)15-13(10)16-14/h4-7H,3,8,14H2,1-2H3,(H,15,16). The Labute approximate surface area is 106 Å². The highest BCUT2D eigenvalue weighted by atomic mass is 16.5. The first-order valence-electron chi connectivity index (χ1n) is 5.80. The molecule has 0 fully saturated rings. The third kappa shape index (κ3) is 2.52. The van der Waals surface area contributed by atoms with Gasteiger partial charge in [-0.25, -0.2) is 10.8 Å². The molecule has 18 heavy (non-hydrogen) atoms. The second-order valence-corrected chi connectivity index (χ2v) is 3.84. The molecule has 96 valence electrons. The van der Waals surface area contributed by atoms with Crippen molar-refractivity contribution in [1.82, 2.24) is 4.98 Å². The van der Waals surface area contributed by atoms with Gasteiger partial charge in [0.15, 0.2) is 0 Å². The van der Waals surface area contributed by atoms with Gasteiger partial charge in [-0.2, -0.15) is 0 Å². The molecule has 0 spiro atoms. The summed E-state index contributed by atoms with van der Waals surface area (Å²) in [6.45, 7) is 3.10. The molecular formula is C13H17N3O2. The molecule has 0 saturated carbocycles. The molecule has 2 rings (SSSR count). The zero-order valence-electron chi connectivity index (χ0n) is 10.6. The minimum absolute atomic E-state index is 0.491. The van der Waals surface area contributed by atoms with Crippen molar-refractivity contribution in [3.05, 3.63) is 29.8 Å². The highest BCUT2D eigenvalue weighted by Crippen LogP contribution is 2.24. The topological polar surface area (TPSA) is 69.4 Å². The molecule has 0 unspecified atom stereocenters. The van der Waals surface area contributed by atoms with Crippen molar-refractivity contribution in [3.8, 4) is 5.75 Å². The van der Waals surface area contributed by atoms with Gasteiger partial charge >= 0.3 is 0 Å². The first-order valence-corrected chi connectivity index (χ1v) is 5.80. The van der Waals surface area contributed by atoms with E-state index in [0.717, 1.165) is 22.2 Å². The second kappa shape index (κ2) is 5.66. The number of nitrogens with two attached hydrogens (primary N) is 1. The Balaban J connectivity index is 2.46. The number of hydrogen-bond donors (Lipinski definition) is 2. The fourth-order valence-electron chi connectivity index (χ4n) is 1.76. The Bertz CT molecular complexity index is 543. The Kier molecular flexibility index (Phi) is 3.96. The zero-order valence-corrected chi connectivity index (χ0v) is 10.6. The lowest BCUT2D eigenvalue weighted by molar-refractivity contribution is 0.134. The molecule has 5 heteroatoms. The predicted octanol–water partition coefficient (Wildman–Crippen LogP) is 2.07. The number of aromatic nitrogens is 1. The smallest absolute Gasteiger partial charge is 0.146 e. The third-order valence-corrected chi connectivity index (χ3v) is 2.70. The van der Waals surface area contributed by atoms with Crippen LogP contribution in [0.5, 0.6) is 5.75 Å². The lowest BCUT2D eigenvalue weighted by Crippen LogP contribution is -2.12. The van der Waals surface area contributed by atoms with Crippen molar-refractivity contribution in [1.29, 1.82) is 0 Å². The summed E-state index contributed by atoms with van der Waals surface area (Å²) in [7, 11) is 1.63. The molecule has 0 radical (unpaired) electrons. The number of rotatable bonds is 5. The number of nitrogens with one attached hydrogen (secondary N) is 1. The van der Waals surface area contributed by atoms with Crippen molar-refractivity contribution in [2.24, 2.45) is 5.84 Å². The van der Waals surface area contributed by atoms with Crippen LogP contribution in [0.4, 0.5) is 5.82 Å². The van der Waals surface area contributed by atoms with E-state index in [1.54, 1.807) is 7.11 Å². The molecule has 3 N–H and O–H groups in total. The Morgan fingerprint density at radius 1 is 1.33 bits per heavy atom. The fourth-order valence-corrected chi connectivity index (χ4v) is 1.76. The summed E-state index contributed by atoms with van der Waals surface area (Å²) < 4.78 is 10.6. The van der Waals surface area contributed by atoms with Gasteiger partial charge in [0.2, 0.25) is 0 Å². The largest absolute Gasteiger partial charge is 0.497 e. The summed E-state index contributed by atoms with van der Waals surface area (Å²) in [5, 5.41) is 1.03. The molecule has 1 aromatic carbocycles. The van der Waals surface area contributed by atoms with Gasteiger partial charge in [-0.1, -0.05) is 0 Å². The average Bonchev–Trinajstić information content (AvgIpc) is 2.43. The van der Waals surface area contributed by atoms with E-state index in [9.17, 15) is 0 Å². The van der Waals surface area contributed by atoms with E-state index in [0.29, 0.717) is 19.0 Å². The second-order valence-electron chi connectivity index (χ2n) is 3.84. The van der Waals surface area contributed by atoms with Gasteiger partial charge in [0, 0.05) is 23.6 Å². The number of fused-ring (bicyclic) bond motifs is 1. The predicted molar refractivity (Wildman–Crippen MR) is 71.4 cm³/mol. The summed E-state index contributed by atoms with van der Waals surface area (Å²) in [4.78, 5) is 4.46. The van der Waals surface area contributed by atoms with Crippen LogP contribution in [0.25, 0.3) is 10.9 Å². The molecule has 0 saturated heterocycles. The van der Waals surface area contributed by atoms with Crippen LogP contribution < -0.4 is 16.0 Å². The Morgan fingerprint density at radius 3 is 2.83 bits per heavy atom. The van der Waals surface area contributed by atoms with Gasteiger partial charge in [0.05, 0.1) is 19.2 Å². The number of hydrogen-bond acceptors (Lipinski definition) is 5. The van der Waals surface area contributed by atoms with E-state index in [1.165, 1.54) is 0 Å². The van der Waals surface area contributed by atoms with Gasteiger partial charge < -0.3 is 14.9 Å². The van der Waals surface area contributed by atoms with Crippen molar-refractivity contribution in [3.63, 3.8) is 0 Å². The fraction of sp³-hybridized carbons (Fsp3) is 0.308. The van der Waals surface area contributed by atoms with Gasteiger partial charge in [0.25, 0.3) is 0 Å². The number of ether oxygens (including phenoxy) is 2. The van der Waals surface area contributed by atoms with E-state index in [1.807, 2.05) is 31.2 Å². The first-order chi connectivity index (χ1) is 8.78. The Hall–Kier alpha value is -1.85. The maximum Gasteiger partial charge on any atom is 0.146 e. The number of pyridine rings is 1. The van der Waals surface area contributed by atoms with Crippen LogP contribution in [-0.2, 0) is 11.3 Å². The molecule has 1 aromatic heterocycles. The molecule has 0 aliphatic rings. The third-order valence-electron chi connectivity index (χ3n) is 2.70. The van der Waals surface area contributed by atoms with Crippen molar-refractivity contribution >= 4 is 16.7 Å². The van der Waals surface area contributed by atoms with Crippen LogP contribution in [0.3, 0.4) is 0 Å². The van der Waals surface area contributed by atoms with E-state index < -0.39 is 0 Å². The van der Waals surface area contributed by atoms with Crippen LogP contribution in [-0.4, -0.2) is 18.7 Å². The average molecular weight is 247 g/mol. The summed E-state index contributed by atoms with van der Waals surface area (Å²) in [6, 6.07) is 7.77. The molecule has 0 bridgehead atoms. The number of anilines is 1. The van der Waals surface area contributed by atoms with Crippen LogP contribution in [0, 0.1) is 0 Å². The summed E-state index contributed by atoms with van der Waals surface area (Å²) in [6.07, 6.45) is 0. The minimum Gasteiger partial charge on any atom is -0.497 e. The van der Waals surface area contributed by atoms with Crippen LogP contribution in [0.15, 0.2) is 24.3 Å². The van der Waals surface area contributed by atoms with E-state index in [-0.39, 0.29) is 0 Å². The molecule has 0 aliphatic heterocycles. The molecular weight excluding hydrogens is 230 g/mol. The van der Waals surface area contributed by atoms with Crippen LogP contribution in [0.2, 0.25) is 0 Å². The van der Waals surface area contributed by atoms with Crippen LogP contribution >= 0.6 is 0 Å². The number of methoxy groups -OCH3 is 1. The minimum atomic E-state index is 0.491. The maximum atomic E-state index is 5.48. The zero-order chi connectivity index (χ0) is 13.0. The quantitative estimate of drug-likeness (QED) is 0.625. The van der Waals surface area contributed by atoms with E-state index in [4.69, 9.17) is 15.3 Å². The van der Waals surface area contributed by atoms with Gasteiger partial charge in [-0.05, 0) is 25.1 Å². The lowest BCUT2D eigenvalue weighted by Gasteiger charge is -2.10. The van der Waals surface area contributed by atoms with Crippen molar-refractivity contribution in [2.45, 2.75) is 13.5 Å². The number of nitrogen functional groups attached to an aromatic ring is 1. The van der Waals surface area contributed by atoms with Crippen LogP contribution in [0.1, 0.15) is 12.5 Å². The first kappa shape index (κ1) is 12.6. The number of nitrogens with zero attached hydrogens (tertiary/aromatic N) is 1. The number of hydrazine groups is 1. The molecule has 0 amide bonds. The SMILES string of the molecule is CCOCc1cc2ccc(OC)cc2nc1NN. The molecule has 0 atom stereocenters. The number of benzene rings is 1. The molecule has 2 aromatic rings. The lowest BCUT2D eigenvalue weighted by atomic mass is 10.1. The maximum absolute atomic E-state index is 5.48. The van der Waals surface area contributed by atoms with Gasteiger partial charge in [-0.15, -0.1) is 0 Å². The van der Waals surface area contributed by atoms with E-state index in [2.05, 4.69) is 10.4 Å². The summed E-state index contributed by atoms with van der Waals surface area (Å²) in [5.41, 5.74) is 4.38. The highest BCUT2D eigenvalue weighted by Gasteiger charge is 2.07. The summed E-state index contributed by atoms with van der Waals surface area (Å²) in [5.74, 6) is 6.89. The summed E-state index contributed by atoms with van der Waals surface area (Å²) >= 11 is 0. The van der Waals surface area contributed by atoms with Crippen molar-refractivity contribution < 1.29 is 9.47 Å². The molecule has 5 nitrogen and oxygen atoms in total. The molecule has 0 aliphatic carbocycles. The van der Waals surface area contributed by atoms with Gasteiger partial charge in [0.1, 0.15) is 11.6 Å². The van der Waals surface area contributed by atoms with Crippen molar-refractivity contribution in [2.75, 3.05) is 19.1 Å². The molecule has 1 heterocycles. The normalized spacial score (nSPS) is 10.6.